The van der Waals surface area contributed by atoms with Gasteiger partial charge in [0.2, 0.25) is 16.5 Å². The lowest BCUT2D eigenvalue weighted by atomic mass is 10.3. The van der Waals surface area contributed by atoms with Crippen molar-refractivity contribution < 1.29 is 10.2 Å². The van der Waals surface area contributed by atoms with Crippen molar-refractivity contribution in [3.63, 3.8) is 0 Å². The number of aromatic hydroxyl groups is 2. The summed E-state index contributed by atoms with van der Waals surface area (Å²) in [5, 5.41) is 20.8. The van der Waals surface area contributed by atoms with Gasteiger partial charge >= 0.3 is 0 Å². The minimum absolute atomic E-state index is 0.0227. The van der Waals surface area contributed by atoms with Crippen molar-refractivity contribution in [1.29, 1.82) is 0 Å². The molecule has 3 N–H and O–H groups in total. The third-order valence-electron chi connectivity index (χ3n) is 2.58. The zero-order valence-corrected chi connectivity index (χ0v) is 14.3. The summed E-state index contributed by atoms with van der Waals surface area (Å²) in [6, 6.07) is 13.3. The third-order valence-corrected chi connectivity index (χ3v) is 3.25. The van der Waals surface area contributed by atoms with Gasteiger partial charge in [0.1, 0.15) is 0 Å². The van der Waals surface area contributed by atoms with Gasteiger partial charge in [-0.3, -0.25) is 0 Å². The molecule has 0 fully saturated rings. The highest BCUT2D eigenvalue weighted by molar-refractivity contribution is 6.33. The Morgan fingerprint density at radius 2 is 1.21 bits per heavy atom. The van der Waals surface area contributed by atoms with Gasteiger partial charge in [-0.05, 0) is 47.5 Å². The molecule has 0 amide bonds. The molecule has 0 aliphatic rings. The van der Waals surface area contributed by atoms with Crippen molar-refractivity contribution in [2.24, 2.45) is 0 Å². The number of benzene rings is 2. The van der Waals surface area contributed by atoms with E-state index in [1.807, 2.05) is 12.1 Å². The molecule has 0 radical (unpaired) electrons. The molecule has 0 atom stereocenters. The molecule has 0 spiro atoms. The number of rotatable bonds is 2. The summed E-state index contributed by atoms with van der Waals surface area (Å²) in [4.78, 5) is 11.4. The summed E-state index contributed by atoms with van der Waals surface area (Å²) >= 11 is 17.2. The van der Waals surface area contributed by atoms with Gasteiger partial charge in [-0.1, -0.05) is 35.9 Å². The van der Waals surface area contributed by atoms with Crippen LogP contribution in [-0.2, 0) is 0 Å². The van der Waals surface area contributed by atoms with Gasteiger partial charge < -0.3 is 15.5 Å². The summed E-state index contributed by atoms with van der Waals surface area (Å²) in [5.74, 6) is 0.0955. The van der Waals surface area contributed by atoms with Gasteiger partial charge in [0, 0.05) is 0 Å². The van der Waals surface area contributed by atoms with Crippen LogP contribution in [0.4, 0.5) is 11.6 Å². The Hall–Kier alpha value is -2.28. The van der Waals surface area contributed by atoms with Gasteiger partial charge in [0.25, 0.3) is 0 Å². The maximum absolute atomic E-state index is 8.67. The summed E-state index contributed by atoms with van der Waals surface area (Å²) < 4.78 is 0. The normalized spacial score (nSPS) is 9.79. The number of halogens is 3. The number of nitrogens with one attached hydrogen (secondary N) is 1. The van der Waals surface area contributed by atoms with Crippen molar-refractivity contribution in [3.8, 4) is 11.5 Å². The molecule has 0 saturated carbocycles. The van der Waals surface area contributed by atoms with Crippen molar-refractivity contribution in [1.82, 2.24) is 15.0 Å². The predicted octanol–water partition coefficient (Wildman–Crippen LogP) is 4.67. The Morgan fingerprint density at radius 1 is 0.708 bits per heavy atom. The number of para-hydroxylation sites is 3. The molecule has 1 heterocycles. The Balaban J connectivity index is 0.000000219. The molecular weight excluding hydrogens is 375 g/mol. The Morgan fingerprint density at radius 3 is 1.71 bits per heavy atom. The summed E-state index contributed by atoms with van der Waals surface area (Å²) in [6.07, 6.45) is 0. The maximum Gasteiger partial charge on any atom is 0.232 e. The summed E-state index contributed by atoms with van der Waals surface area (Å²) in [7, 11) is 0. The number of hydrogen-bond donors (Lipinski definition) is 3. The standard InChI is InChI=1S/C9H5Cl3N4.C6H6O2/c10-5-3-1-2-4-6(5)13-9-15-7(11)14-8(12)16-9;7-5-3-1-2-4-6(5)8/h1-4H,(H,13,14,15,16);1-4,7-8H. The number of phenolic OH excluding ortho intramolecular Hbond substituents is 2. The van der Waals surface area contributed by atoms with Gasteiger partial charge in [0.05, 0.1) is 10.7 Å². The minimum atomic E-state index is -0.0764. The van der Waals surface area contributed by atoms with E-state index in [2.05, 4.69) is 20.3 Å². The van der Waals surface area contributed by atoms with Crippen LogP contribution in [0.2, 0.25) is 15.6 Å². The Kier molecular flexibility index (Phi) is 6.43. The zero-order chi connectivity index (χ0) is 17.5. The molecule has 0 bridgehead atoms. The molecule has 0 saturated heterocycles. The van der Waals surface area contributed by atoms with Crippen molar-refractivity contribution in [2.75, 3.05) is 5.32 Å². The van der Waals surface area contributed by atoms with E-state index in [1.54, 1.807) is 24.3 Å². The average molecular weight is 386 g/mol. The second kappa shape index (κ2) is 8.54. The molecule has 2 aromatic carbocycles. The molecule has 3 rings (SSSR count). The fourth-order valence-corrected chi connectivity index (χ4v) is 2.08. The first-order valence-electron chi connectivity index (χ1n) is 6.51. The number of aromatic nitrogens is 3. The molecule has 0 aliphatic heterocycles. The van der Waals surface area contributed by atoms with Crippen LogP contribution in [-0.4, -0.2) is 25.2 Å². The molecule has 1 aromatic heterocycles. The fraction of sp³-hybridized carbons (Fsp3) is 0. The summed E-state index contributed by atoms with van der Waals surface area (Å²) in [6.45, 7) is 0. The first-order valence-corrected chi connectivity index (χ1v) is 7.64. The van der Waals surface area contributed by atoms with Crippen LogP contribution in [0.5, 0.6) is 11.5 Å². The van der Waals surface area contributed by atoms with E-state index in [-0.39, 0.29) is 28.0 Å². The van der Waals surface area contributed by atoms with Crippen LogP contribution in [0.15, 0.2) is 48.5 Å². The molecular formula is C15H11Cl3N4O2. The minimum Gasteiger partial charge on any atom is -0.504 e. The molecule has 124 valence electrons. The smallest absolute Gasteiger partial charge is 0.232 e. The van der Waals surface area contributed by atoms with Gasteiger partial charge in [0.15, 0.2) is 11.5 Å². The topological polar surface area (TPSA) is 91.2 Å². The summed E-state index contributed by atoms with van der Waals surface area (Å²) in [5.41, 5.74) is 0.669. The second-order valence-electron chi connectivity index (χ2n) is 4.29. The fourth-order valence-electron chi connectivity index (χ4n) is 1.53. The van der Waals surface area contributed by atoms with E-state index in [1.165, 1.54) is 12.1 Å². The first kappa shape index (κ1) is 18.1. The van der Waals surface area contributed by atoms with Crippen LogP contribution in [0.1, 0.15) is 0 Å². The molecule has 0 aliphatic carbocycles. The van der Waals surface area contributed by atoms with Crippen LogP contribution in [0.3, 0.4) is 0 Å². The monoisotopic (exact) mass is 384 g/mol. The SMILES string of the molecule is Clc1nc(Cl)nc(Nc2ccccc2Cl)n1.Oc1ccccc1O. The highest BCUT2D eigenvalue weighted by Crippen LogP contribution is 2.24. The van der Waals surface area contributed by atoms with E-state index in [4.69, 9.17) is 45.0 Å². The van der Waals surface area contributed by atoms with Gasteiger partial charge in [-0.15, -0.1) is 0 Å². The van der Waals surface area contributed by atoms with E-state index < -0.39 is 0 Å². The van der Waals surface area contributed by atoms with E-state index >= 15 is 0 Å². The van der Waals surface area contributed by atoms with E-state index in [0.29, 0.717) is 10.7 Å². The van der Waals surface area contributed by atoms with Gasteiger partial charge in [-0.2, -0.15) is 15.0 Å². The zero-order valence-electron chi connectivity index (χ0n) is 12.0. The third kappa shape index (κ3) is 5.42. The molecule has 9 heteroatoms. The quantitative estimate of drug-likeness (QED) is 0.555. The lowest BCUT2D eigenvalue weighted by molar-refractivity contribution is 0.404. The van der Waals surface area contributed by atoms with Gasteiger partial charge in [-0.25, -0.2) is 0 Å². The number of nitrogens with zero attached hydrogens (tertiary/aromatic N) is 3. The highest BCUT2D eigenvalue weighted by Gasteiger charge is 2.05. The van der Waals surface area contributed by atoms with Crippen LogP contribution in [0, 0.1) is 0 Å². The molecule has 3 aromatic rings. The number of hydrogen-bond acceptors (Lipinski definition) is 6. The van der Waals surface area contributed by atoms with E-state index in [9.17, 15) is 0 Å². The van der Waals surface area contributed by atoms with Crippen molar-refractivity contribution in [3.05, 3.63) is 64.1 Å². The molecule has 6 nitrogen and oxygen atoms in total. The average Bonchev–Trinajstić information content (AvgIpc) is 2.52. The van der Waals surface area contributed by atoms with Crippen molar-refractivity contribution in [2.45, 2.75) is 0 Å². The highest BCUT2D eigenvalue weighted by atomic mass is 35.5. The largest absolute Gasteiger partial charge is 0.504 e. The number of phenols is 2. The first-order chi connectivity index (χ1) is 11.5. The van der Waals surface area contributed by atoms with Crippen molar-refractivity contribution >= 4 is 46.4 Å². The lowest BCUT2D eigenvalue weighted by Gasteiger charge is -2.06. The second-order valence-corrected chi connectivity index (χ2v) is 5.37. The Bertz CT molecular complexity index is 792. The number of anilines is 2. The van der Waals surface area contributed by atoms with Crippen LogP contribution in [0.25, 0.3) is 0 Å². The van der Waals surface area contributed by atoms with E-state index in [0.717, 1.165) is 0 Å². The van der Waals surface area contributed by atoms with Crippen LogP contribution < -0.4 is 5.32 Å². The molecule has 0 unspecified atom stereocenters. The lowest BCUT2D eigenvalue weighted by Crippen LogP contribution is -1.99. The van der Waals surface area contributed by atoms with Crippen LogP contribution >= 0.6 is 34.8 Å². The predicted molar refractivity (Wildman–Crippen MR) is 94.4 cm³/mol. The Labute approximate surface area is 152 Å². The maximum atomic E-state index is 8.67. The molecule has 24 heavy (non-hydrogen) atoms.